The van der Waals surface area contributed by atoms with Crippen molar-refractivity contribution in [3.05, 3.63) is 35.1 Å². The molecule has 0 aliphatic heterocycles. The molecule has 0 heterocycles. The van der Waals surface area contributed by atoms with Crippen LogP contribution in [0.2, 0.25) is 0 Å². The van der Waals surface area contributed by atoms with Gasteiger partial charge in [-0.15, -0.1) is 11.6 Å². The second-order valence-electron chi connectivity index (χ2n) is 3.62. The predicted molar refractivity (Wildman–Crippen MR) is 61.5 cm³/mol. The van der Waals surface area contributed by atoms with Crippen molar-refractivity contribution < 1.29 is 14.6 Å². The highest BCUT2D eigenvalue weighted by molar-refractivity contribution is 6.17. The van der Waals surface area contributed by atoms with E-state index in [1.807, 2.05) is 0 Å². The first-order valence-electron chi connectivity index (χ1n) is 4.75. The van der Waals surface area contributed by atoms with Crippen molar-refractivity contribution in [3.8, 4) is 11.5 Å². The van der Waals surface area contributed by atoms with Crippen LogP contribution in [-0.2, 0) is 5.88 Å². The summed E-state index contributed by atoms with van der Waals surface area (Å²) in [7, 11) is 0. The fourth-order valence-electron chi connectivity index (χ4n) is 1.77. The van der Waals surface area contributed by atoms with E-state index in [1.54, 1.807) is 6.92 Å². The van der Waals surface area contributed by atoms with Crippen LogP contribution >= 0.6 is 11.6 Å². The molecule has 2 nitrogen and oxygen atoms in total. The number of hydrogen-bond donors (Lipinski definition) is 2. The molecule has 2 N–H and O–H groups in total. The molecule has 0 aliphatic rings. The fraction of sp³-hybridized carbons (Fsp3) is 0.167. The molecule has 0 saturated carbocycles. The zero-order valence-electron chi connectivity index (χ0n) is 8.59. The van der Waals surface area contributed by atoms with Crippen molar-refractivity contribution in [2.45, 2.75) is 12.8 Å². The van der Waals surface area contributed by atoms with Gasteiger partial charge in [0.05, 0.1) is 5.88 Å². The maximum Gasteiger partial charge on any atom is 0.128 e. The number of phenolic OH excluding ortho intramolecular Hbond substituents is 2. The van der Waals surface area contributed by atoms with Crippen LogP contribution in [-0.4, -0.2) is 10.2 Å². The first-order valence-corrected chi connectivity index (χ1v) is 5.28. The van der Waals surface area contributed by atoms with Gasteiger partial charge in [-0.3, -0.25) is 0 Å². The summed E-state index contributed by atoms with van der Waals surface area (Å²) in [5.74, 6) is -0.438. The molecule has 0 bridgehead atoms. The molecule has 0 radical (unpaired) electrons. The molecule has 2 rings (SSSR count). The highest BCUT2D eigenvalue weighted by Crippen LogP contribution is 2.39. The molecule has 2 aromatic rings. The largest absolute Gasteiger partial charge is 0.507 e. The molecule has 0 atom stereocenters. The minimum atomic E-state index is -0.466. The molecular weight excluding hydrogens is 231 g/mol. The standard InChI is InChI=1S/C12H10ClFO2/c1-6-10(5-13)12(16)9-4-7(14)2-3-8(9)11(6)15/h2-4,15-16H,5H2,1H3. The summed E-state index contributed by atoms with van der Waals surface area (Å²) in [5.41, 5.74) is 0.948. The van der Waals surface area contributed by atoms with Crippen LogP contribution in [0.4, 0.5) is 4.39 Å². The quantitative estimate of drug-likeness (QED) is 0.592. The van der Waals surface area contributed by atoms with E-state index in [0.29, 0.717) is 16.5 Å². The van der Waals surface area contributed by atoms with E-state index in [-0.39, 0.29) is 22.8 Å². The molecule has 2 aromatic carbocycles. The van der Waals surface area contributed by atoms with Gasteiger partial charge in [-0.2, -0.15) is 0 Å². The number of rotatable bonds is 1. The normalized spacial score (nSPS) is 10.9. The number of halogens is 2. The van der Waals surface area contributed by atoms with Crippen molar-refractivity contribution >= 4 is 22.4 Å². The molecule has 0 aromatic heterocycles. The summed E-state index contributed by atoms with van der Waals surface area (Å²) < 4.78 is 13.1. The second kappa shape index (κ2) is 3.83. The van der Waals surface area contributed by atoms with E-state index in [1.165, 1.54) is 18.2 Å². The Morgan fingerprint density at radius 3 is 2.50 bits per heavy atom. The Morgan fingerprint density at radius 1 is 1.19 bits per heavy atom. The molecular formula is C12H10ClFO2. The topological polar surface area (TPSA) is 40.5 Å². The van der Waals surface area contributed by atoms with E-state index >= 15 is 0 Å². The highest BCUT2D eigenvalue weighted by Gasteiger charge is 2.15. The van der Waals surface area contributed by atoms with Gasteiger partial charge in [0, 0.05) is 16.3 Å². The predicted octanol–water partition coefficient (Wildman–Crippen LogP) is 3.44. The SMILES string of the molecule is Cc1c(CCl)c(O)c2cc(F)ccc2c1O. The summed E-state index contributed by atoms with van der Waals surface area (Å²) in [6.07, 6.45) is 0. The van der Waals surface area contributed by atoms with Gasteiger partial charge < -0.3 is 10.2 Å². The van der Waals surface area contributed by atoms with Crippen LogP contribution in [0.15, 0.2) is 18.2 Å². The van der Waals surface area contributed by atoms with Gasteiger partial charge in [0.1, 0.15) is 17.3 Å². The van der Waals surface area contributed by atoms with Gasteiger partial charge in [0.2, 0.25) is 0 Å². The highest BCUT2D eigenvalue weighted by atomic mass is 35.5. The first kappa shape index (κ1) is 11.0. The number of phenols is 2. The summed E-state index contributed by atoms with van der Waals surface area (Å²) in [4.78, 5) is 0. The Labute approximate surface area is 96.9 Å². The first-order chi connectivity index (χ1) is 7.56. The third kappa shape index (κ3) is 1.48. The van der Waals surface area contributed by atoms with E-state index in [4.69, 9.17) is 11.6 Å². The molecule has 0 saturated heterocycles. The molecule has 0 fully saturated rings. The van der Waals surface area contributed by atoms with E-state index in [2.05, 4.69) is 0 Å². The zero-order valence-corrected chi connectivity index (χ0v) is 9.35. The van der Waals surface area contributed by atoms with Gasteiger partial charge >= 0.3 is 0 Å². The molecule has 16 heavy (non-hydrogen) atoms. The lowest BCUT2D eigenvalue weighted by atomic mass is 9.99. The van der Waals surface area contributed by atoms with Gasteiger partial charge in [0.25, 0.3) is 0 Å². The minimum absolute atomic E-state index is 0.0310. The monoisotopic (exact) mass is 240 g/mol. The Kier molecular flexibility index (Phi) is 2.64. The van der Waals surface area contributed by atoms with Crippen molar-refractivity contribution in [2.24, 2.45) is 0 Å². The minimum Gasteiger partial charge on any atom is -0.507 e. The lowest BCUT2D eigenvalue weighted by molar-refractivity contribution is 0.461. The lowest BCUT2D eigenvalue weighted by Gasteiger charge is -2.12. The molecule has 4 heteroatoms. The lowest BCUT2D eigenvalue weighted by Crippen LogP contribution is -1.90. The summed E-state index contributed by atoms with van der Waals surface area (Å²) in [6.45, 7) is 1.66. The molecule has 0 aliphatic carbocycles. The third-order valence-corrected chi connectivity index (χ3v) is 2.99. The van der Waals surface area contributed by atoms with Crippen molar-refractivity contribution in [2.75, 3.05) is 0 Å². The second-order valence-corrected chi connectivity index (χ2v) is 3.89. The van der Waals surface area contributed by atoms with Crippen molar-refractivity contribution in [1.29, 1.82) is 0 Å². The van der Waals surface area contributed by atoms with Gasteiger partial charge in [-0.1, -0.05) is 0 Å². The van der Waals surface area contributed by atoms with E-state index in [0.717, 1.165) is 0 Å². The maximum absolute atomic E-state index is 13.1. The number of hydrogen-bond acceptors (Lipinski definition) is 2. The Bertz CT molecular complexity index is 567. The zero-order chi connectivity index (χ0) is 11.9. The molecule has 84 valence electrons. The van der Waals surface area contributed by atoms with E-state index < -0.39 is 5.82 Å². The summed E-state index contributed by atoms with van der Waals surface area (Å²) >= 11 is 5.68. The number of aromatic hydroxyl groups is 2. The van der Waals surface area contributed by atoms with Crippen LogP contribution in [0.25, 0.3) is 10.8 Å². The number of benzene rings is 2. The van der Waals surface area contributed by atoms with Crippen LogP contribution in [0, 0.1) is 12.7 Å². The van der Waals surface area contributed by atoms with Gasteiger partial charge in [0.15, 0.2) is 0 Å². The smallest absolute Gasteiger partial charge is 0.128 e. The summed E-state index contributed by atoms with van der Waals surface area (Å²) in [5, 5.41) is 20.5. The molecule has 0 unspecified atom stereocenters. The Balaban J connectivity index is 2.96. The maximum atomic E-state index is 13.1. The van der Waals surface area contributed by atoms with Crippen molar-refractivity contribution in [1.82, 2.24) is 0 Å². The number of alkyl halides is 1. The molecule has 0 amide bonds. The van der Waals surface area contributed by atoms with Gasteiger partial charge in [-0.25, -0.2) is 4.39 Å². The number of fused-ring (bicyclic) bond motifs is 1. The van der Waals surface area contributed by atoms with Crippen LogP contribution in [0.1, 0.15) is 11.1 Å². The van der Waals surface area contributed by atoms with E-state index in [9.17, 15) is 14.6 Å². The van der Waals surface area contributed by atoms with Gasteiger partial charge in [-0.05, 0) is 30.7 Å². The van der Waals surface area contributed by atoms with Crippen LogP contribution in [0.5, 0.6) is 11.5 Å². The van der Waals surface area contributed by atoms with Crippen LogP contribution in [0.3, 0.4) is 0 Å². The Hall–Kier alpha value is -1.48. The average molecular weight is 241 g/mol. The average Bonchev–Trinajstić information content (AvgIpc) is 2.27. The summed E-state index contributed by atoms with van der Waals surface area (Å²) in [6, 6.07) is 3.85. The Morgan fingerprint density at radius 2 is 1.88 bits per heavy atom. The van der Waals surface area contributed by atoms with Crippen LogP contribution < -0.4 is 0 Å². The fourth-order valence-corrected chi connectivity index (χ4v) is 2.09. The molecule has 0 spiro atoms. The third-order valence-electron chi connectivity index (χ3n) is 2.72. The van der Waals surface area contributed by atoms with Crippen molar-refractivity contribution in [3.63, 3.8) is 0 Å².